The molecule has 2 N–H and O–H groups in total. The molecule has 40 heavy (non-hydrogen) atoms. The van der Waals surface area contributed by atoms with Crippen molar-refractivity contribution in [2.24, 2.45) is 5.92 Å². The van der Waals surface area contributed by atoms with Crippen LogP contribution < -0.4 is 20.1 Å². The highest BCUT2D eigenvalue weighted by Crippen LogP contribution is 2.33. The Labute approximate surface area is 233 Å². The number of nitrogens with zero attached hydrogens (tertiary/aromatic N) is 2. The van der Waals surface area contributed by atoms with E-state index in [1.165, 1.54) is 0 Å². The normalized spacial score (nSPS) is 18.6. The van der Waals surface area contributed by atoms with Gasteiger partial charge < -0.3 is 29.4 Å². The van der Waals surface area contributed by atoms with E-state index in [0.29, 0.717) is 60.4 Å². The van der Waals surface area contributed by atoms with Crippen molar-refractivity contribution in [3.05, 3.63) is 65.5 Å². The number of rotatable bonds is 4. The Balaban J connectivity index is 1.43. The van der Waals surface area contributed by atoms with E-state index in [-0.39, 0.29) is 36.7 Å². The van der Waals surface area contributed by atoms with Crippen LogP contribution in [0.4, 0.5) is 0 Å². The van der Waals surface area contributed by atoms with Crippen molar-refractivity contribution < 1.29 is 28.3 Å². The van der Waals surface area contributed by atoms with Gasteiger partial charge >= 0.3 is 0 Å². The van der Waals surface area contributed by atoms with Gasteiger partial charge in [-0.15, -0.1) is 0 Å². The van der Waals surface area contributed by atoms with Crippen molar-refractivity contribution in [3.8, 4) is 23.0 Å². The summed E-state index contributed by atoms with van der Waals surface area (Å²) in [5.74, 6) is 1.23. The lowest BCUT2D eigenvalue weighted by Gasteiger charge is -2.24. The third-order valence-electron chi connectivity index (χ3n) is 7.07. The average Bonchev–Trinajstić information content (AvgIpc) is 3.74. The van der Waals surface area contributed by atoms with Gasteiger partial charge in [0.2, 0.25) is 23.6 Å². The van der Waals surface area contributed by atoms with Crippen LogP contribution in [0, 0.1) is 12.8 Å². The fourth-order valence-corrected chi connectivity index (χ4v) is 4.70. The molecule has 210 valence electrons. The lowest BCUT2D eigenvalue weighted by Crippen LogP contribution is -2.51. The maximum absolute atomic E-state index is 13.3. The topological polar surface area (TPSA) is 123 Å². The Morgan fingerprint density at radius 2 is 1.95 bits per heavy atom. The second kappa shape index (κ2) is 12.2. The van der Waals surface area contributed by atoms with Gasteiger partial charge in [0, 0.05) is 24.4 Å². The van der Waals surface area contributed by atoms with E-state index in [1.807, 2.05) is 36.4 Å². The number of nitrogens with one attached hydrogen (secondary N) is 2. The molecule has 2 aliphatic rings. The van der Waals surface area contributed by atoms with Crippen molar-refractivity contribution in [2.45, 2.75) is 45.2 Å². The zero-order valence-corrected chi connectivity index (χ0v) is 22.8. The van der Waals surface area contributed by atoms with E-state index < -0.39 is 6.04 Å². The fourth-order valence-electron chi connectivity index (χ4n) is 4.70. The number of hydrogen-bond acceptors (Lipinski definition) is 7. The van der Waals surface area contributed by atoms with Gasteiger partial charge in [-0.25, -0.2) is 4.98 Å². The van der Waals surface area contributed by atoms with Crippen LogP contribution in [-0.2, 0) is 27.3 Å². The van der Waals surface area contributed by atoms with Gasteiger partial charge in [-0.3, -0.25) is 14.4 Å². The van der Waals surface area contributed by atoms with E-state index in [9.17, 15) is 14.4 Å². The van der Waals surface area contributed by atoms with Crippen LogP contribution in [0.25, 0.3) is 11.5 Å². The molecule has 1 saturated carbocycles. The third kappa shape index (κ3) is 6.62. The zero-order valence-electron chi connectivity index (χ0n) is 22.8. The first-order valence-corrected chi connectivity index (χ1v) is 13.6. The first kappa shape index (κ1) is 27.2. The average molecular weight is 547 g/mol. The molecule has 0 spiro atoms. The molecule has 0 radical (unpaired) electrons. The van der Waals surface area contributed by atoms with Crippen LogP contribution in [0.5, 0.6) is 11.5 Å². The van der Waals surface area contributed by atoms with E-state index in [0.717, 1.165) is 18.4 Å². The predicted molar refractivity (Wildman–Crippen MR) is 147 cm³/mol. The summed E-state index contributed by atoms with van der Waals surface area (Å²) in [6.45, 7) is 2.45. The predicted octanol–water partition coefficient (Wildman–Crippen LogP) is 3.02. The van der Waals surface area contributed by atoms with Crippen LogP contribution in [-0.4, -0.2) is 60.5 Å². The molecule has 1 aromatic heterocycles. The quantitative estimate of drug-likeness (QED) is 0.516. The summed E-state index contributed by atoms with van der Waals surface area (Å²) in [5.41, 5.74) is 2.19. The summed E-state index contributed by atoms with van der Waals surface area (Å²) in [7, 11) is 1.57. The third-order valence-corrected chi connectivity index (χ3v) is 7.07. The number of aryl methyl sites for hydroxylation is 1. The van der Waals surface area contributed by atoms with Crippen molar-refractivity contribution in [1.82, 2.24) is 20.5 Å². The van der Waals surface area contributed by atoms with Crippen LogP contribution in [0.2, 0.25) is 0 Å². The lowest BCUT2D eigenvalue weighted by molar-refractivity contribution is -0.138. The highest BCUT2D eigenvalue weighted by Gasteiger charge is 2.34. The number of aromatic nitrogens is 1. The zero-order chi connectivity index (χ0) is 28.1. The molecular formula is C30H34N4O6. The van der Waals surface area contributed by atoms with Crippen LogP contribution in [0.3, 0.4) is 0 Å². The molecule has 5 rings (SSSR count). The van der Waals surface area contributed by atoms with Gasteiger partial charge in [-0.05, 0) is 49.9 Å². The molecule has 1 atom stereocenters. The summed E-state index contributed by atoms with van der Waals surface area (Å²) in [5, 5.41) is 5.76. The number of methoxy groups -OCH3 is 1. The standard InChI is InChI=1S/C30H34N4O6/c1-19-24-17-31-28(36)23(15-20-7-4-3-5-8-20)32-27(35)18-34(30(37)21-9-10-21)13-6-14-39-26-16-22(29(33-24)40-19)11-12-25(26)38-2/h3-5,7-8,11-12,16,21,23H,6,9-10,13-15,17-18H2,1-2H3,(H,31,36)(H,32,35)/t23-/m1/s1. The van der Waals surface area contributed by atoms with Gasteiger partial charge in [0.15, 0.2) is 11.5 Å². The Morgan fingerprint density at radius 3 is 2.70 bits per heavy atom. The van der Waals surface area contributed by atoms with Crippen molar-refractivity contribution in [2.75, 3.05) is 26.8 Å². The van der Waals surface area contributed by atoms with Crippen molar-refractivity contribution in [3.63, 3.8) is 0 Å². The Morgan fingerprint density at radius 1 is 1.15 bits per heavy atom. The fraction of sp³-hybridized carbons (Fsp3) is 0.400. The van der Waals surface area contributed by atoms with Crippen LogP contribution >= 0.6 is 0 Å². The van der Waals surface area contributed by atoms with E-state index >= 15 is 0 Å². The minimum absolute atomic E-state index is 0.0395. The summed E-state index contributed by atoms with van der Waals surface area (Å²) >= 11 is 0. The second-order valence-electron chi connectivity index (χ2n) is 10.2. The highest BCUT2D eigenvalue weighted by molar-refractivity contribution is 5.91. The number of carbonyl (C=O) groups excluding carboxylic acids is 3. The maximum atomic E-state index is 13.3. The molecule has 0 saturated heterocycles. The van der Waals surface area contributed by atoms with Crippen molar-refractivity contribution >= 4 is 17.7 Å². The summed E-state index contributed by atoms with van der Waals surface area (Å²) in [6, 6.07) is 14.1. The highest BCUT2D eigenvalue weighted by atomic mass is 16.5. The Kier molecular flexibility index (Phi) is 8.33. The second-order valence-corrected chi connectivity index (χ2v) is 10.2. The largest absolute Gasteiger partial charge is 0.493 e. The molecule has 2 aromatic carbocycles. The molecule has 3 amide bonds. The number of ether oxygens (including phenoxy) is 2. The molecule has 1 aliphatic carbocycles. The molecule has 3 aromatic rings. The minimum Gasteiger partial charge on any atom is -0.493 e. The van der Waals surface area contributed by atoms with Crippen LogP contribution in [0.15, 0.2) is 52.9 Å². The maximum Gasteiger partial charge on any atom is 0.243 e. The van der Waals surface area contributed by atoms with Gasteiger partial charge in [-0.1, -0.05) is 30.3 Å². The molecule has 1 aliphatic heterocycles. The van der Waals surface area contributed by atoms with Gasteiger partial charge in [0.25, 0.3) is 0 Å². The smallest absolute Gasteiger partial charge is 0.243 e. The lowest BCUT2D eigenvalue weighted by atomic mass is 10.0. The Bertz CT molecular complexity index is 1370. The molecule has 10 heteroatoms. The molecular weight excluding hydrogens is 512 g/mol. The van der Waals surface area contributed by atoms with Gasteiger partial charge in [0.05, 0.1) is 26.8 Å². The Hall–Kier alpha value is -4.34. The number of hydrogen-bond donors (Lipinski definition) is 2. The number of oxazole rings is 1. The molecule has 1 fully saturated rings. The molecule has 10 nitrogen and oxygen atoms in total. The molecule has 4 bridgehead atoms. The number of carbonyl (C=O) groups is 3. The summed E-state index contributed by atoms with van der Waals surface area (Å²) in [6.07, 6.45) is 2.48. The van der Waals surface area contributed by atoms with Gasteiger partial charge in [0.1, 0.15) is 17.5 Å². The van der Waals surface area contributed by atoms with Crippen LogP contribution in [0.1, 0.15) is 36.3 Å². The van der Waals surface area contributed by atoms with Crippen molar-refractivity contribution in [1.29, 1.82) is 0 Å². The van der Waals surface area contributed by atoms with E-state index in [4.69, 9.17) is 13.9 Å². The summed E-state index contributed by atoms with van der Waals surface area (Å²) in [4.78, 5) is 45.7. The van der Waals surface area contributed by atoms with E-state index in [1.54, 1.807) is 31.1 Å². The summed E-state index contributed by atoms with van der Waals surface area (Å²) < 4.78 is 17.4. The molecule has 0 unspecified atom stereocenters. The first-order chi connectivity index (χ1) is 19.4. The number of benzene rings is 2. The van der Waals surface area contributed by atoms with Gasteiger partial charge in [-0.2, -0.15) is 0 Å². The van der Waals surface area contributed by atoms with E-state index in [2.05, 4.69) is 15.6 Å². The monoisotopic (exact) mass is 546 g/mol. The molecule has 2 heterocycles. The number of fused-ring (bicyclic) bond motifs is 5. The minimum atomic E-state index is -0.828. The first-order valence-electron chi connectivity index (χ1n) is 13.6. The number of amides is 3. The SMILES string of the molecule is COc1ccc2cc1OCCCN(C(=O)C1CC1)CC(=O)N[C@H](Cc1ccccc1)C(=O)NCc1nc-2oc1C.